The topological polar surface area (TPSA) is 0 Å². The molecule has 7 rings (SSSR count). The van der Waals surface area contributed by atoms with E-state index in [-0.39, 0.29) is 10.8 Å². The minimum absolute atomic E-state index is 0.0995. The Hall–Kier alpha value is -3.02. The van der Waals surface area contributed by atoms with E-state index in [1.807, 2.05) is 0 Å². The quantitative estimate of drug-likeness (QED) is 0.178. The molecule has 2 aliphatic carbocycles. The van der Waals surface area contributed by atoms with Gasteiger partial charge < -0.3 is 0 Å². The average molecular weight is 654 g/mol. The third-order valence-electron chi connectivity index (χ3n) is 10.5. The molecule has 1 atom stereocenters. The van der Waals surface area contributed by atoms with E-state index in [9.17, 15) is 0 Å². The van der Waals surface area contributed by atoms with Crippen molar-refractivity contribution < 1.29 is 20.3 Å². The number of hydrogen-bond donors (Lipinski definition) is 0. The molecule has 0 nitrogen and oxygen atoms in total. The molecular formula is C43H46Zr. The molecule has 0 aliphatic heterocycles. The molecule has 0 saturated carbocycles. The molecule has 0 fully saturated rings. The molecule has 222 valence electrons. The second-order valence-corrected chi connectivity index (χ2v) is 27.2. The summed E-state index contributed by atoms with van der Waals surface area (Å²) in [6, 6.07) is 35.1. The summed E-state index contributed by atoms with van der Waals surface area (Å²) in [6.07, 6.45) is 3.72. The standard InChI is InChI=1S/C21H25.C20H15.2CH3.Zr/c1-20(2,3)16-7-9-18-14(12-16)11-15-13-17(21(4,5)6)8-10-19(15)18;1-14-9-10-16-11-12-17(13-20(14)16)19-8-4-6-15-5-2-3-7-18(15)19;;;/h7-10,12H,11H2,1-6H3;2-13H,1H3;2*1H3;. The van der Waals surface area contributed by atoms with Crippen molar-refractivity contribution in [2.45, 2.75) is 78.6 Å². The van der Waals surface area contributed by atoms with E-state index in [0.29, 0.717) is 3.63 Å². The van der Waals surface area contributed by atoms with Crippen LogP contribution in [0.5, 0.6) is 0 Å². The van der Waals surface area contributed by atoms with Crippen LogP contribution in [0.2, 0.25) is 9.26 Å². The average Bonchev–Trinajstić information content (AvgIpc) is 3.52. The van der Waals surface area contributed by atoms with Crippen LogP contribution in [0, 0.1) is 0 Å². The van der Waals surface area contributed by atoms with Gasteiger partial charge in [-0.05, 0) is 0 Å². The molecule has 0 amide bonds. The third-order valence-corrected chi connectivity index (χ3v) is 20.1. The summed E-state index contributed by atoms with van der Waals surface area (Å²) < 4.78 is 7.71. The summed E-state index contributed by atoms with van der Waals surface area (Å²) >= 11 is -3.07. The van der Waals surface area contributed by atoms with Crippen molar-refractivity contribution in [3.05, 3.63) is 130 Å². The second-order valence-electron chi connectivity index (χ2n) is 15.9. The van der Waals surface area contributed by atoms with Gasteiger partial charge in [-0.3, -0.25) is 0 Å². The zero-order chi connectivity index (χ0) is 31.2. The van der Waals surface area contributed by atoms with Gasteiger partial charge in [-0.1, -0.05) is 0 Å². The predicted octanol–water partition coefficient (Wildman–Crippen LogP) is 11.7. The van der Waals surface area contributed by atoms with Crippen LogP contribution < -0.4 is 3.27 Å². The van der Waals surface area contributed by atoms with E-state index >= 15 is 0 Å². The Morgan fingerprint density at radius 2 is 1.39 bits per heavy atom. The molecule has 44 heavy (non-hydrogen) atoms. The Kier molecular flexibility index (Phi) is 6.92. The van der Waals surface area contributed by atoms with Gasteiger partial charge in [0.05, 0.1) is 0 Å². The van der Waals surface area contributed by atoms with Gasteiger partial charge in [0.15, 0.2) is 0 Å². The number of hydrogen-bond acceptors (Lipinski definition) is 0. The van der Waals surface area contributed by atoms with Crippen molar-refractivity contribution in [2.24, 2.45) is 0 Å². The summed E-state index contributed by atoms with van der Waals surface area (Å²) in [5.41, 5.74) is 16.5. The molecule has 5 aromatic rings. The monoisotopic (exact) mass is 652 g/mol. The zero-order valence-electron chi connectivity index (χ0n) is 28.0. The molecule has 5 aromatic carbocycles. The van der Waals surface area contributed by atoms with E-state index in [4.69, 9.17) is 0 Å². The Bertz CT molecular complexity index is 1980. The molecular weight excluding hydrogens is 608 g/mol. The summed E-state index contributed by atoms with van der Waals surface area (Å²) in [6.45, 7) is 16.6. The van der Waals surface area contributed by atoms with E-state index < -0.39 is 20.3 Å². The van der Waals surface area contributed by atoms with Gasteiger partial charge in [-0.2, -0.15) is 0 Å². The first-order valence-electron chi connectivity index (χ1n) is 16.4. The van der Waals surface area contributed by atoms with E-state index in [2.05, 4.69) is 155 Å². The van der Waals surface area contributed by atoms with Crippen LogP contribution in [0.25, 0.3) is 38.6 Å². The van der Waals surface area contributed by atoms with Crippen molar-refractivity contribution in [1.82, 2.24) is 0 Å². The van der Waals surface area contributed by atoms with Gasteiger partial charge in [0, 0.05) is 0 Å². The normalized spacial score (nSPS) is 16.1. The summed E-state index contributed by atoms with van der Waals surface area (Å²) in [7, 11) is 0. The Balaban J connectivity index is 1.36. The summed E-state index contributed by atoms with van der Waals surface area (Å²) in [4.78, 5) is 0. The third kappa shape index (κ3) is 4.74. The van der Waals surface area contributed by atoms with Gasteiger partial charge in [-0.15, -0.1) is 0 Å². The summed E-state index contributed by atoms with van der Waals surface area (Å²) in [5.74, 6) is 0. The zero-order valence-corrected chi connectivity index (χ0v) is 30.5. The van der Waals surface area contributed by atoms with Gasteiger partial charge in [0.25, 0.3) is 0 Å². The fourth-order valence-corrected chi connectivity index (χ4v) is 18.3. The van der Waals surface area contributed by atoms with Gasteiger partial charge >= 0.3 is 271 Å². The summed E-state index contributed by atoms with van der Waals surface area (Å²) in [5, 5.41) is 2.63. The van der Waals surface area contributed by atoms with Gasteiger partial charge in [-0.25, -0.2) is 0 Å². The molecule has 0 N–H and O–H groups in total. The minimum atomic E-state index is -3.07. The van der Waals surface area contributed by atoms with Crippen molar-refractivity contribution in [2.75, 3.05) is 0 Å². The molecule has 0 saturated heterocycles. The number of benzene rings is 5. The Morgan fingerprint density at radius 3 is 2.14 bits per heavy atom. The van der Waals surface area contributed by atoms with Crippen molar-refractivity contribution in [1.29, 1.82) is 0 Å². The fourth-order valence-electron chi connectivity index (χ4n) is 8.10. The molecule has 0 bridgehead atoms. The second kappa shape index (κ2) is 10.3. The molecule has 1 heteroatoms. The Labute approximate surface area is 269 Å². The van der Waals surface area contributed by atoms with Crippen LogP contribution >= 0.6 is 0 Å². The van der Waals surface area contributed by atoms with Crippen LogP contribution in [-0.4, -0.2) is 0 Å². The Morgan fingerprint density at radius 1 is 0.659 bits per heavy atom. The van der Waals surface area contributed by atoms with Crippen LogP contribution in [0.3, 0.4) is 0 Å². The van der Waals surface area contributed by atoms with Gasteiger partial charge in [0.2, 0.25) is 0 Å². The van der Waals surface area contributed by atoms with Gasteiger partial charge in [0.1, 0.15) is 0 Å². The molecule has 0 spiro atoms. The van der Waals surface area contributed by atoms with E-state index in [1.165, 1.54) is 55.3 Å². The maximum atomic E-state index is 2.71. The first-order valence-corrected chi connectivity index (χ1v) is 23.9. The SMILES string of the molecule is CC1=C[CH]([Zr]([CH3])([CH3])[c]2c(C(C)(C)C)ccc3c2Cc2cc(C(C)(C)C)ccc2-3)c2ccc(-c3cccc4ccccc34)cc21. The number of rotatable bonds is 3. The van der Waals surface area contributed by atoms with Crippen LogP contribution in [-0.2, 0) is 37.5 Å². The molecule has 0 heterocycles. The number of allylic oxidation sites excluding steroid dienone is 2. The maximum absolute atomic E-state index is 3.07. The van der Waals surface area contributed by atoms with Crippen LogP contribution in [0.1, 0.15) is 85.5 Å². The molecule has 2 aliphatic rings. The van der Waals surface area contributed by atoms with Crippen molar-refractivity contribution >= 4 is 19.6 Å². The molecule has 1 unspecified atom stereocenters. The predicted molar refractivity (Wildman–Crippen MR) is 189 cm³/mol. The van der Waals surface area contributed by atoms with Crippen LogP contribution in [0.4, 0.5) is 0 Å². The first kappa shape index (κ1) is 29.7. The van der Waals surface area contributed by atoms with Crippen molar-refractivity contribution in [3.63, 3.8) is 0 Å². The fraction of sp³-hybridized carbons (Fsp3) is 0.302. The first-order chi connectivity index (χ1) is 20.7. The molecule has 0 radical (unpaired) electrons. The van der Waals surface area contributed by atoms with Crippen molar-refractivity contribution in [3.8, 4) is 22.3 Å². The number of fused-ring (bicyclic) bond motifs is 5. The van der Waals surface area contributed by atoms with Crippen LogP contribution in [0.15, 0.2) is 97.1 Å². The van der Waals surface area contributed by atoms with E-state index in [1.54, 1.807) is 20.0 Å². The molecule has 0 aromatic heterocycles. The van der Waals surface area contributed by atoms with E-state index in [0.717, 1.165) is 6.42 Å².